The summed E-state index contributed by atoms with van der Waals surface area (Å²) in [7, 11) is 0. The van der Waals surface area contributed by atoms with Crippen molar-refractivity contribution >= 4 is 22.7 Å². The molecule has 0 radical (unpaired) electrons. The highest BCUT2D eigenvalue weighted by Gasteiger charge is 2.19. The fourth-order valence-corrected chi connectivity index (χ4v) is 5.14. The number of hydrogen-bond acceptors (Lipinski definition) is 3. The van der Waals surface area contributed by atoms with Gasteiger partial charge in [0, 0.05) is 26.7 Å². The molecule has 20 heavy (non-hydrogen) atoms. The maximum Gasteiger partial charge on any atom is 0.0417 e. The Balaban J connectivity index is 1.72. The molecule has 0 bridgehead atoms. The SMILES string of the molecule is CCC(NC(C)c1cc2c(s1)CCCC2)c1cccs1. The molecule has 0 aliphatic heterocycles. The molecule has 1 nitrogen and oxygen atoms in total. The van der Waals surface area contributed by atoms with E-state index in [4.69, 9.17) is 0 Å². The summed E-state index contributed by atoms with van der Waals surface area (Å²) in [5, 5.41) is 5.99. The Morgan fingerprint density at radius 2 is 2.10 bits per heavy atom. The number of aryl methyl sites for hydroxylation is 2. The van der Waals surface area contributed by atoms with E-state index in [1.165, 1.54) is 35.4 Å². The molecule has 0 amide bonds. The summed E-state index contributed by atoms with van der Waals surface area (Å²) in [5.41, 5.74) is 1.62. The molecule has 2 heterocycles. The van der Waals surface area contributed by atoms with Gasteiger partial charge in [-0.1, -0.05) is 13.0 Å². The minimum absolute atomic E-state index is 0.456. The molecule has 1 aliphatic carbocycles. The van der Waals surface area contributed by atoms with Gasteiger partial charge in [-0.2, -0.15) is 0 Å². The molecule has 108 valence electrons. The third-order valence-electron chi connectivity index (χ3n) is 4.19. The monoisotopic (exact) mass is 305 g/mol. The smallest absolute Gasteiger partial charge is 0.0417 e. The Morgan fingerprint density at radius 3 is 2.80 bits per heavy atom. The second kappa shape index (κ2) is 6.42. The van der Waals surface area contributed by atoms with Gasteiger partial charge in [-0.15, -0.1) is 22.7 Å². The lowest BCUT2D eigenvalue weighted by Crippen LogP contribution is -2.22. The Kier molecular flexibility index (Phi) is 4.59. The molecule has 2 aromatic heterocycles. The van der Waals surface area contributed by atoms with E-state index in [0.717, 1.165) is 6.42 Å². The van der Waals surface area contributed by atoms with Gasteiger partial charge in [0.1, 0.15) is 0 Å². The van der Waals surface area contributed by atoms with Crippen LogP contribution in [0.2, 0.25) is 0 Å². The van der Waals surface area contributed by atoms with Gasteiger partial charge in [-0.05, 0) is 62.1 Å². The van der Waals surface area contributed by atoms with Crippen molar-refractivity contribution in [2.75, 3.05) is 0 Å². The van der Waals surface area contributed by atoms with E-state index in [1.807, 2.05) is 22.7 Å². The van der Waals surface area contributed by atoms with E-state index in [9.17, 15) is 0 Å². The first-order valence-electron chi connectivity index (χ1n) is 7.69. The lowest BCUT2D eigenvalue weighted by Gasteiger charge is -2.20. The van der Waals surface area contributed by atoms with Crippen LogP contribution in [-0.2, 0) is 12.8 Å². The third kappa shape index (κ3) is 3.00. The van der Waals surface area contributed by atoms with Crippen LogP contribution >= 0.6 is 22.7 Å². The maximum absolute atomic E-state index is 3.82. The summed E-state index contributed by atoms with van der Waals surface area (Å²) in [6, 6.07) is 7.80. The molecule has 0 fully saturated rings. The number of fused-ring (bicyclic) bond motifs is 1. The molecule has 0 spiro atoms. The van der Waals surface area contributed by atoms with E-state index >= 15 is 0 Å². The van der Waals surface area contributed by atoms with Gasteiger partial charge in [0.05, 0.1) is 0 Å². The van der Waals surface area contributed by atoms with Crippen molar-refractivity contribution in [2.45, 2.75) is 58.0 Å². The van der Waals surface area contributed by atoms with Gasteiger partial charge >= 0.3 is 0 Å². The zero-order chi connectivity index (χ0) is 13.9. The summed E-state index contributed by atoms with van der Waals surface area (Å²) in [4.78, 5) is 4.62. The predicted molar refractivity (Wildman–Crippen MR) is 89.9 cm³/mol. The third-order valence-corrected chi connectivity index (χ3v) is 6.59. The average molecular weight is 306 g/mol. The Hall–Kier alpha value is -0.640. The van der Waals surface area contributed by atoms with Crippen LogP contribution in [0.1, 0.15) is 65.4 Å². The van der Waals surface area contributed by atoms with Crippen molar-refractivity contribution in [1.29, 1.82) is 0 Å². The van der Waals surface area contributed by atoms with Crippen molar-refractivity contribution in [1.82, 2.24) is 5.32 Å². The molecular weight excluding hydrogens is 282 g/mol. The molecule has 2 atom stereocenters. The Labute approximate surface area is 130 Å². The van der Waals surface area contributed by atoms with Crippen molar-refractivity contribution in [3.8, 4) is 0 Å². The number of nitrogens with one attached hydrogen (secondary N) is 1. The highest BCUT2D eigenvalue weighted by atomic mass is 32.1. The van der Waals surface area contributed by atoms with Crippen molar-refractivity contribution in [3.63, 3.8) is 0 Å². The van der Waals surface area contributed by atoms with Crippen LogP contribution in [0.15, 0.2) is 23.6 Å². The molecule has 0 saturated carbocycles. The minimum atomic E-state index is 0.456. The predicted octanol–water partition coefficient (Wildman–Crippen LogP) is 5.49. The van der Waals surface area contributed by atoms with Gasteiger partial charge in [-0.3, -0.25) is 0 Å². The largest absolute Gasteiger partial charge is 0.302 e. The van der Waals surface area contributed by atoms with Crippen LogP contribution in [0.3, 0.4) is 0 Å². The van der Waals surface area contributed by atoms with Crippen LogP contribution < -0.4 is 5.32 Å². The summed E-state index contributed by atoms with van der Waals surface area (Å²) < 4.78 is 0. The summed E-state index contributed by atoms with van der Waals surface area (Å²) >= 11 is 3.90. The highest BCUT2D eigenvalue weighted by Crippen LogP contribution is 2.34. The van der Waals surface area contributed by atoms with Crippen LogP contribution in [-0.4, -0.2) is 0 Å². The number of rotatable bonds is 5. The summed E-state index contributed by atoms with van der Waals surface area (Å²) in [6.45, 7) is 4.58. The second-order valence-corrected chi connectivity index (χ2v) is 7.82. The lowest BCUT2D eigenvalue weighted by atomic mass is 9.99. The van der Waals surface area contributed by atoms with Crippen LogP contribution in [0.5, 0.6) is 0 Å². The Bertz CT molecular complexity index is 518. The fraction of sp³-hybridized carbons (Fsp3) is 0.529. The van der Waals surface area contributed by atoms with E-state index in [1.54, 1.807) is 10.4 Å². The van der Waals surface area contributed by atoms with Gasteiger partial charge < -0.3 is 5.32 Å². The van der Waals surface area contributed by atoms with Gasteiger partial charge in [0.25, 0.3) is 0 Å². The molecule has 1 N–H and O–H groups in total. The zero-order valence-corrected chi connectivity index (χ0v) is 13.9. The molecule has 1 aliphatic rings. The first kappa shape index (κ1) is 14.3. The number of hydrogen-bond donors (Lipinski definition) is 1. The van der Waals surface area contributed by atoms with E-state index < -0.39 is 0 Å². The van der Waals surface area contributed by atoms with Crippen LogP contribution in [0.25, 0.3) is 0 Å². The quantitative estimate of drug-likeness (QED) is 0.770. The Morgan fingerprint density at radius 1 is 1.25 bits per heavy atom. The van der Waals surface area contributed by atoms with Crippen molar-refractivity contribution in [2.24, 2.45) is 0 Å². The van der Waals surface area contributed by atoms with E-state index in [-0.39, 0.29) is 0 Å². The lowest BCUT2D eigenvalue weighted by molar-refractivity contribution is 0.466. The average Bonchev–Trinajstić information content (AvgIpc) is 3.13. The number of thiophene rings is 2. The van der Waals surface area contributed by atoms with Gasteiger partial charge in [-0.25, -0.2) is 0 Å². The molecule has 0 saturated heterocycles. The van der Waals surface area contributed by atoms with Crippen LogP contribution in [0, 0.1) is 0 Å². The standard InChI is InChI=1S/C17H23NS2/c1-3-14(16-9-6-10-19-16)18-12(2)17-11-13-7-4-5-8-15(13)20-17/h6,9-12,14,18H,3-5,7-8H2,1-2H3. The van der Waals surface area contributed by atoms with Crippen molar-refractivity contribution in [3.05, 3.63) is 43.8 Å². The first-order valence-corrected chi connectivity index (χ1v) is 9.38. The van der Waals surface area contributed by atoms with Gasteiger partial charge in [0.2, 0.25) is 0 Å². The molecule has 3 heteroatoms. The molecule has 0 aromatic carbocycles. The summed E-state index contributed by atoms with van der Waals surface area (Å²) in [5.74, 6) is 0. The van der Waals surface area contributed by atoms with Crippen molar-refractivity contribution < 1.29 is 0 Å². The summed E-state index contributed by atoms with van der Waals surface area (Å²) in [6.07, 6.45) is 6.49. The molecular formula is C17H23NS2. The topological polar surface area (TPSA) is 12.0 Å². The zero-order valence-electron chi connectivity index (χ0n) is 12.3. The fourth-order valence-electron chi connectivity index (χ4n) is 3.00. The van der Waals surface area contributed by atoms with E-state index in [0.29, 0.717) is 12.1 Å². The van der Waals surface area contributed by atoms with Crippen LogP contribution in [0.4, 0.5) is 0 Å². The van der Waals surface area contributed by atoms with Gasteiger partial charge in [0.15, 0.2) is 0 Å². The first-order chi connectivity index (χ1) is 9.78. The highest BCUT2D eigenvalue weighted by molar-refractivity contribution is 7.12. The minimum Gasteiger partial charge on any atom is -0.302 e. The molecule has 3 rings (SSSR count). The normalized spacial score (nSPS) is 17.7. The molecule has 2 unspecified atom stereocenters. The molecule has 2 aromatic rings. The maximum atomic E-state index is 3.82. The second-order valence-electron chi connectivity index (χ2n) is 5.67. The van der Waals surface area contributed by atoms with E-state index in [2.05, 4.69) is 42.7 Å².